The van der Waals surface area contributed by atoms with Crippen LogP contribution in [0.15, 0.2) is 91.4 Å². The summed E-state index contributed by atoms with van der Waals surface area (Å²) in [6.45, 7) is 0. The molecule has 1 unspecified atom stereocenters. The normalized spacial score (nSPS) is 12.6. The standard InChI is InChI=1S/C26H17F3N4O/c27-26(28,29)20-6-3-13-32-24(20)23(18-9-10-21-17(14-18)5-2-11-30-21)33-25(34)19-8-7-16-4-1-12-31-22(16)15-19/h1-15,23H,(H,33,34). The third kappa shape index (κ3) is 4.17. The number of nitrogens with zero attached hydrogens (tertiary/aromatic N) is 3. The topological polar surface area (TPSA) is 67.8 Å². The summed E-state index contributed by atoms with van der Waals surface area (Å²) in [4.78, 5) is 25.8. The summed E-state index contributed by atoms with van der Waals surface area (Å²) in [7, 11) is 0. The third-order valence-electron chi connectivity index (χ3n) is 5.52. The molecule has 2 aromatic carbocycles. The summed E-state index contributed by atoms with van der Waals surface area (Å²) >= 11 is 0. The summed E-state index contributed by atoms with van der Waals surface area (Å²) in [5, 5.41) is 4.34. The van der Waals surface area contributed by atoms with Gasteiger partial charge in [-0.25, -0.2) is 0 Å². The number of hydrogen-bond acceptors (Lipinski definition) is 4. The number of carbonyl (C=O) groups excluding carboxylic acids is 1. The number of alkyl halides is 3. The minimum absolute atomic E-state index is 0.281. The number of amides is 1. The average molecular weight is 458 g/mol. The lowest BCUT2D eigenvalue weighted by Gasteiger charge is -2.23. The number of aromatic nitrogens is 3. The van der Waals surface area contributed by atoms with Gasteiger partial charge in [0.25, 0.3) is 5.91 Å². The summed E-state index contributed by atoms with van der Waals surface area (Å²) in [6, 6.07) is 18.3. The minimum Gasteiger partial charge on any atom is -0.340 e. The fourth-order valence-corrected chi connectivity index (χ4v) is 3.89. The van der Waals surface area contributed by atoms with E-state index in [0.717, 1.165) is 16.8 Å². The van der Waals surface area contributed by atoms with Gasteiger partial charge in [-0.3, -0.25) is 19.7 Å². The van der Waals surface area contributed by atoms with Crippen molar-refractivity contribution in [3.05, 3.63) is 114 Å². The number of carbonyl (C=O) groups is 1. The Bertz CT molecular complexity index is 1520. The molecule has 0 aliphatic heterocycles. The van der Waals surface area contributed by atoms with Crippen LogP contribution in [0.5, 0.6) is 0 Å². The van der Waals surface area contributed by atoms with Crippen molar-refractivity contribution in [2.75, 3.05) is 0 Å². The smallest absolute Gasteiger partial charge is 0.340 e. The van der Waals surface area contributed by atoms with Gasteiger partial charge >= 0.3 is 6.18 Å². The molecule has 1 N–H and O–H groups in total. The lowest BCUT2D eigenvalue weighted by molar-refractivity contribution is -0.138. The van der Waals surface area contributed by atoms with Crippen molar-refractivity contribution in [2.24, 2.45) is 0 Å². The molecule has 3 heterocycles. The average Bonchev–Trinajstić information content (AvgIpc) is 2.86. The Balaban J connectivity index is 1.61. The monoisotopic (exact) mass is 458 g/mol. The Labute approximate surface area is 192 Å². The summed E-state index contributed by atoms with van der Waals surface area (Å²) < 4.78 is 41.5. The molecule has 5 aromatic rings. The van der Waals surface area contributed by atoms with Crippen molar-refractivity contribution in [3.8, 4) is 0 Å². The molecule has 0 spiro atoms. The van der Waals surface area contributed by atoms with Crippen LogP contribution < -0.4 is 5.32 Å². The van der Waals surface area contributed by atoms with E-state index >= 15 is 0 Å². The predicted octanol–water partition coefficient (Wildman–Crippen LogP) is 5.72. The second-order valence-electron chi connectivity index (χ2n) is 7.71. The van der Waals surface area contributed by atoms with Gasteiger partial charge in [-0.1, -0.05) is 24.3 Å². The maximum atomic E-state index is 13.8. The lowest BCUT2D eigenvalue weighted by atomic mass is 9.97. The SMILES string of the molecule is O=C(NC(c1ccc2ncccc2c1)c1ncccc1C(F)(F)F)c1ccc2cccnc2c1. The van der Waals surface area contributed by atoms with Crippen molar-refractivity contribution in [3.63, 3.8) is 0 Å². The minimum atomic E-state index is -4.64. The van der Waals surface area contributed by atoms with Gasteiger partial charge in [-0.15, -0.1) is 0 Å². The van der Waals surface area contributed by atoms with Crippen LogP contribution in [0.3, 0.4) is 0 Å². The Morgan fingerprint density at radius 2 is 1.47 bits per heavy atom. The van der Waals surface area contributed by atoms with E-state index in [-0.39, 0.29) is 11.3 Å². The van der Waals surface area contributed by atoms with E-state index in [9.17, 15) is 18.0 Å². The number of nitrogens with one attached hydrogen (secondary N) is 1. The van der Waals surface area contributed by atoms with Crippen LogP contribution in [0.2, 0.25) is 0 Å². The van der Waals surface area contributed by atoms with Gasteiger partial charge in [-0.2, -0.15) is 13.2 Å². The summed E-state index contributed by atoms with van der Waals surface area (Å²) in [5.74, 6) is -0.539. The molecule has 0 fully saturated rings. The molecule has 1 atom stereocenters. The molecule has 0 radical (unpaired) electrons. The fraction of sp³-hybridized carbons (Fsp3) is 0.0769. The Hall–Kier alpha value is -4.33. The molecular weight excluding hydrogens is 441 g/mol. The van der Waals surface area contributed by atoms with Crippen LogP contribution in [-0.4, -0.2) is 20.9 Å². The first-order valence-corrected chi connectivity index (χ1v) is 10.4. The fourth-order valence-electron chi connectivity index (χ4n) is 3.89. The van der Waals surface area contributed by atoms with E-state index in [1.54, 1.807) is 60.9 Å². The molecule has 34 heavy (non-hydrogen) atoms. The zero-order valence-electron chi connectivity index (χ0n) is 17.6. The molecule has 8 heteroatoms. The highest BCUT2D eigenvalue weighted by Gasteiger charge is 2.37. The first-order chi connectivity index (χ1) is 16.4. The highest BCUT2D eigenvalue weighted by Crippen LogP contribution is 2.36. The number of pyridine rings is 3. The first kappa shape index (κ1) is 21.5. The quantitative estimate of drug-likeness (QED) is 0.374. The molecule has 0 aliphatic carbocycles. The third-order valence-corrected chi connectivity index (χ3v) is 5.52. The predicted molar refractivity (Wildman–Crippen MR) is 122 cm³/mol. The van der Waals surface area contributed by atoms with Crippen molar-refractivity contribution in [1.29, 1.82) is 0 Å². The van der Waals surface area contributed by atoms with E-state index in [2.05, 4.69) is 20.3 Å². The first-order valence-electron chi connectivity index (χ1n) is 10.4. The van der Waals surface area contributed by atoms with Gasteiger partial charge in [0.15, 0.2) is 0 Å². The maximum absolute atomic E-state index is 13.8. The number of halogens is 3. The van der Waals surface area contributed by atoms with E-state index in [4.69, 9.17) is 0 Å². The molecule has 0 bridgehead atoms. The second-order valence-corrected chi connectivity index (χ2v) is 7.71. The van der Waals surface area contributed by atoms with Crippen LogP contribution in [0, 0.1) is 0 Å². The molecule has 0 aliphatic rings. The van der Waals surface area contributed by atoms with E-state index in [0.29, 0.717) is 16.6 Å². The lowest BCUT2D eigenvalue weighted by Crippen LogP contribution is -2.31. The number of fused-ring (bicyclic) bond motifs is 2. The van der Waals surface area contributed by atoms with Gasteiger partial charge in [0.1, 0.15) is 0 Å². The van der Waals surface area contributed by atoms with Crippen LogP contribution in [-0.2, 0) is 6.18 Å². The second kappa shape index (κ2) is 8.55. The number of rotatable bonds is 4. The summed E-state index contributed by atoms with van der Waals surface area (Å²) in [5.41, 5.74) is 0.837. The Kier molecular flexibility index (Phi) is 5.41. The van der Waals surface area contributed by atoms with Gasteiger partial charge in [0.05, 0.1) is 28.3 Å². The molecule has 5 nitrogen and oxygen atoms in total. The number of benzene rings is 2. The zero-order valence-corrected chi connectivity index (χ0v) is 17.6. The molecule has 3 aromatic heterocycles. The van der Waals surface area contributed by atoms with Crippen LogP contribution in [0.25, 0.3) is 21.8 Å². The zero-order chi connectivity index (χ0) is 23.7. The summed E-state index contributed by atoms with van der Waals surface area (Å²) in [6.07, 6.45) is -0.112. The number of hydrogen-bond donors (Lipinski definition) is 1. The molecule has 0 saturated heterocycles. The van der Waals surface area contributed by atoms with Gasteiger partial charge < -0.3 is 5.32 Å². The van der Waals surface area contributed by atoms with Crippen molar-refractivity contribution in [2.45, 2.75) is 12.2 Å². The Morgan fingerprint density at radius 1 is 0.765 bits per heavy atom. The molecule has 1 amide bonds. The molecular formula is C26H17F3N4O. The molecule has 5 rings (SSSR count). The largest absolute Gasteiger partial charge is 0.418 e. The van der Waals surface area contributed by atoms with E-state index in [1.807, 2.05) is 12.1 Å². The molecule has 0 saturated carbocycles. The van der Waals surface area contributed by atoms with Crippen LogP contribution in [0.1, 0.15) is 33.2 Å². The van der Waals surface area contributed by atoms with E-state index < -0.39 is 23.7 Å². The van der Waals surface area contributed by atoms with Gasteiger partial charge in [0.2, 0.25) is 0 Å². The van der Waals surface area contributed by atoms with Gasteiger partial charge in [-0.05, 0) is 54.1 Å². The highest BCUT2D eigenvalue weighted by molar-refractivity contribution is 5.98. The maximum Gasteiger partial charge on any atom is 0.418 e. The molecule has 168 valence electrons. The van der Waals surface area contributed by atoms with Crippen molar-refractivity contribution >= 4 is 27.7 Å². The Morgan fingerprint density at radius 3 is 2.26 bits per heavy atom. The van der Waals surface area contributed by atoms with Crippen molar-refractivity contribution < 1.29 is 18.0 Å². The van der Waals surface area contributed by atoms with Crippen LogP contribution in [0.4, 0.5) is 13.2 Å². The van der Waals surface area contributed by atoms with Crippen molar-refractivity contribution in [1.82, 2.24) is 20.3 Å². The van der Waals surface area contributed by atoms with Crippen LogP contribution >= 0.6 is 0 Å². The highest BCUT2D eigenvalue weighted by atomic mass is 19.4. The van der Waals surface area contributed by atoms with Gasteiger partial charge in [0, 0.05) is 34.9 Å². The van der Waals surface area contributed by atoms with E-state index in [1.165, 1.54) is 12.3 Å².